The van der Waals surface area contributed by atoms with Gasteiger partial charge in [0.05, 0.1) is 12.8 Å². The zero-order valence-electron chi connectivity index (χ0n) is 12.8. The molecule has 0 aromatic heterocycles. The SMILES string of the molecule is COc1ccc(C)cc1NC(=S)NC1Cc2ccccc2C1. The van der Waals surface area contributed by atoms with Crippen LogP contribution >= 0.6 is 12.2 Å². The van der Waals surface area contributed by atoms with Crippen molar-refractivity contribution < 1.29 is 4.74 Å². The first-order valence-electron chi connectivity index (χ1n) is 7.44. The molecular formula is C18H20N2OS. The number of fused-ring (bicyclic) bond motifs is 1. The van der Waals surface area contributed by atoms with Crippen LogP contribution in [0.1, 0.15) is 16.7 Å². The van der Waals surface area contributed by atoms with E-state index in [0.29, 0.717) is 11.2 Å². The summed E-state index contributed by atoms with van der Waals surface area (Å²) in [6.07, 6.45) is 2.03. The molecule has 3 rings (SSSR count). The summed E-state index contributed by atoms with van der Waals surface area (Å²) in [6.45, 7) is 2.05. The van der Waals surface area contributed by atoms with Crippen LogP contribution in [0.3, 0.4) is 0 Å². The number of hydrogen-bond acceptors (Lipinski definition) is 2. The number of nitrogens with one attached hydrogen (secondary N) is 2. The van der Waals surface area contributed by atoms with Gasteiger partial charge in [0.25, 0.3) is 0 Å². The van der Waals surface area contributed by atoms with E-state index in [-0.39, 0.29) is 0 Å². The van der Waals surface area contributed by atoms with Crippen LogP contribution in [0.5, 0.6) is 5.75 Å². The van der Waals surface area contributed by atoms with E-state index < -0.39 is 0 Å². The number of aryl methyl sites for hydroxylation is 1. The molecule has 2 aromatic rings. The van der Waals surface area contributed by atoms with Crippen molar-refractivity contribution in [2.24, 2.45) is 0 Å². The van der Waals surface area contributed by atoms with Gasteiger partial charge in [0, 0.05) is 6.04 Å². The van der Waals surface area contributed by atoms with Crippen LogP contribution in [0.15, 0.2) is 42.5 Å². The number of ether oxygens (including phenoxy) is 1. The molecule has 0 aliphatic heterocycles. The molecule has 0 amide bonds. The number of rotatable bonds is 3. The Bertz CT molecular complexity index is 674. The van der Waals surface area contributed by atoms with Crippen molar-refractivity contribution in [3.8, 4) is 5.75 Å². The maximum atomic E-state index is 5.46. The van der Waals surface area contributed by atoms with Gasteiger partial charge in [-0.15, -0.1) is 0 Å². The van der Waals surface area contributed by atoms with E-state index in [1.54, 1.807) is 7.11 Å². The van der Waals surface area contributed by atoms with Crippen LogP contribution in [-0.4, -0.2) is 18.3 Å². The maximum Gasteiger partial charge on any atom is 0.171 e. The molecule has 2 N–H and O–H groups in total. The zero-order valence-corrected chi connectivity index (χ0v) is 13.7. The highest BCUT2D eigenvalue weighted by Crippen LogP contribution is 2.26. The van der Waals surface area contributed by atoms with E-state index in [0.717, 1.165) is 24.3 Å². The van der Waals surface area contributed by atoms with E-state index in [9.17, 15) is 0 Å². The van der Waals surface area contributed by atoms with Gasteiger partial charge in [-0.3, -0.25) is 0 Å². The second-order valence-electron chi connectivity index (χ2n) is 5.68. The van der Waals surface area contributed by atoms with Crippen LogP contribution in [0.25, 0.3) is 0 Å². The molecule has 1 aliphatic carbocycles. The normalized spacial score (nSPS) is 13.5. The van der Waals surface area contributed by atoms with Crippen LogP contribution in [0.2, 0.25) is 0 Å². The summed E-state index contributed by atoms with van der Waals surface area (Å²) in [7, 11) is 1.67. The first kappa shape index (κ1) is 14.9. The lowest BCUT2D eigenvalue weighted by atomic mass is 10.1. The molecular weight excluding hydrogens is 292 g/mol. The van der Waals surface area contributed by atoms with Gasteiger partial charge in [0.1, 0.15) is 5.75 Å². The van der Waals surface area contributed by atoms with Gasteiger partial charge in [0.2, 0.25) is 0 Å². The Morgan fingerprint density at radius 3 is 2.45 bits per heavy atom. The zero-order chi connectivity index (χ0) is 15.5. The summed E-state index contributed by atoms with van der Waals surface area (Å²) >= 11 is 5.46. The lowest BCUT2D eigenvalue weighted by molar-refractivity contribution is 0.417. The van der Waals surface area contributed by atoms with Crippen molar-refractivity contribution in [1.29, 1.82) is 0 Å². The molecule has 0 fully saturated rings. The number of thiocarbonyl (C=S) groups is 1. The van der Waals surface area contributed by atoms with Crippen molar-refractivity contribution >= 4 is 23.0 Å². The standard InChI is InChI=1S/C18H20N2OS/c1-12-7-8-17(21-2)16(9-12)20-18(22)19-15-10-13-5-3-4-6-14(13)11-15/h3-9,15H,10-11H2,1-2H3,(H2,19,20,22). The summed E-state index contributed by atoms with van der Waals surface area (Å²) in [6, 6.07) is 14.9. The van der Waals surface area contributed by atoms with Gasteiger partial charge in [-0.05, 0) is 60.8 Å². The molecule has 114 valence electrons. The third kappa shape index (κ3) is 3.22. The second-order valence-corrected chi connectivity index (χ2v) is 6.08. The number of hydrogen-bond donors (Lipinski definition) is 2. The topological polar surface area (TPSA) is 33.3 Å². The molecule has 0 heterocycles. The summed E-state index contributed by atoms with van der Waals surface area (Å²) in [5.41, 5.74) is 4.89. The average Bonchev–Trinajstić information content (AvgIpc) is 2.89. The molecule has 0 atom stereocenters. The van der Waals surface area contributed by atoms with E-state index >= 15 is 0 Å². The predicted octanol–water partition coefficient (Wildman–Crippen LogP) is 3.46. The monoisotopic (exact) mass is 312 g/mol. The molecule has 4 heteroatoms. The molecule has 22 heavy (non-hydrogen) atoms. The summed E-state index contributed by atoms with van der Waals surface area (Å²) in [4.78, 5) is 0. The van der Waals surface area contributed by atoms with E-state index in [1.807, 2.05) is 18.2 Å². The first-order chi connectivity index (χ1) is 10.7. The number of anilines is 1. The first-order valence-corrected chi connectivity index (χ1v) is 7.85. The van der Waals surface area contributed by atoms with Crippen LogP contribution in [0, 0.1) is 6.92 Å². The Morgan fingerprint density at radius 2 is 1.82 bits per heavy atom. The Morgan fingerprint density at radius 1 is 1.14 bits per heavy atom. The quantitative estimate of drug-likeness (QED) is 0.851. The minimum atomic E-state index is 0.355. The molecule has 0 bridgehead atoms. The van der Waals surface area contributed by atoms with Gasteiger partial charge in [-0.25, -0.2) is 0 Å². The smallest absolute Gasteiger partial charge is 0.171 e. The Labute approximate surface area is 136 Å². The molecule has 2 aromatic carbocycles. The summed E-state index contributed by atoms with van der Waals surface area (Å²) in [5, 5.41) is 7.30. The fourth-order valence-electron chi connectivity index (χ4n) is 2.92. The molecule has 0 spiro atoms. The van der Waals surface area contributed by atoms with Crippen LogP contribution in [-0.2, 0) is 12.8 Å². The Hall–Kier alpha value is -2.07. The van der Waals surface area contributed by atoms with Crippen molar-refractivity contribution in [1.82, 2.24) is 5.32 Å². The van der Waals surface area contributed by atoms with Gasteiger partial charge >= 0.3 is 0 Å². The van der Waals surface area contributed by atoms with Crippen molar-refractivity contribution in [3.05, 3.63) is 59.2 Å². The van der Waals surface area contributed by atoms with E-state index in [1.165, 1.54) is 16.7 Å². The van der Waals surface area contributed by atoms with Crippen LogP contribution < -0.4 is 15.4 Å². The Balaban J connectivity index is 1.63. The molecule has 0 unspecified atom stereocenters. The molecule has 0 saturated carbocycles. The van der Waals surface area contributed by atoms with Gasteiger partial charge in [-0.2, -0.15) is 0 Å². The van der Waals surface area contributed by atoms with Gasteiger partial charge < -0.3 is 15.4 Å². The van der Waals surface area contributed by atoms with Crippen LogP contribution in [0.4, 0.5) is 5.69 Å². The third-order valence-corrected chi connectivity index (χ3v) is 4.21. The fourth-order valence-corrected chi connectivity index (χ4v) is 3.20. The molecule has 0 radical (unpaired) electrons. The molecule has 0 saturated heterocycles. The van der Waals surface area contributed by atoms with Crippen molar-refractivity contribution in [2.75, 3.05) is 12.4 Å². The van der Waals surface area contributed by atoms with Gasteiger partial charge in [0.15, 0.2) is 5.11 Å². The average molecular weight is 312 g/mol. The second kappa shape index (κ2) is 6.36. The highest BCUT2D eigenvalue weighted by molar-refractivity contribution is 7.80. The molecule has 3 nitrogen and oxygen atoms in total. The van der Waals surface area contributed by atoms with Crippen molar-refractivity contribution in [3.63, 3.8) is 0 Å². The predicted molar refractivity (Wildman–Crippen MR) is 94.7 cm³/mol. The fraction of sp³-hybridized carbons (Fsp3) is 0.278. The lowest BCUT2D eigenvalue weighted by Crippen LogP contribution is -2.38. The number of benzene rings is 2. The largest absolute Gasteiger partial charge is 0.495 e. The molecule has 1 aliphatic rings. The highest BCUT2D eigenvalue weighted by atomic mass is 32.1. The summed E-state index contributed by atoms with van der Waals surface area (Å²) in [5.74, 6) is 0.796. The minimum absolute atomic E-state index is 0.355. The third-order valence-electron chi connectivity index (χ3n) is 3.99. The van der Waals surface area contributed by atoms with E-state index in [4.69, 9.17) is 17.0 Å². The van der Waals surface area contributed by atoms with E-state index in [2.05, 4.69) is 41.8 Å². The number of methoxy groups -OCH3 is 1. The Kier molecular flexibility index (Phi) is 4.29. The van der Waals surface area contributed by atoms with Crippen molar-refractivity contribution in [2.45, 2.75) is 25.8 Å². The summed E-state index contributed by atoms with van der Waals surface area (Å²) < 4.78 is 5.37. The van der Waals surface area contributed by atoms with Gasteiger partial charge in [-0.1, -0.05) is 30.3 Å². The maximum absolute atomic E-state index is 5.46. The lowest BCUT2D eigenvalue weighted by Gasteiger charge is -2.17. The minimum Gasteiger partial charge on any atom is -0.495 e. The highest BCUT2D eigenvalue weighted by Gasteiger charge is 2.21.